The molecule has 0 aliphatic heterocycles. The average Bonchev–Trinajstić information content (AvgIpc) is 2.90. The van der Waals surface area contributed by atoms with Crippen molar-refractivity contribution in [1.29, 1.82) is 0 Å². The molecule has 2 aromatic rings. The van der Waals surface area contributed by atoms with Gasteiger partial charge in [-0.25, -0.2) is 9.78 Å². The van der Waals surface area contributed by atoms with Gasteiger partial charge in [0.2, 0.25) is 5.91 Å². The van der Waals surface area contributed by atoms with E-state index in [1.807, 2.05) is 41.8 Å². The Hall–Kier alpha value is -2.73. The number of thiazole rings is 1. The number of carbonyl (C=O) groups is 2. The molecule has 22 heavy (non-hydrogen) atoms. The molecule has 0 saturated heterocycles. The van der Waals surface area contributed by atoms with Gasteiger partial charge in [0.15, 0.2) is 5.13 Å². The van der Waals surface area contributed by atoms with E-state index in [9.17, 15) is 9.59 Å². The van der Waals surface area contributed by atoms with Crippen molar-refractivity contribution in [3.63, 3.8) is 0 Å². The number of aliphatic carboxylic acids is 1. The molecule has 2 rings (SSSR count). The van der Waals surface area contributed by atoms with Crippen molar-refractivity contribution in [3.8, 4) is 0 Å². The SMILES string of the molecule is CC(=O)Nc1nc(C=Cc2ccc(C=CC(=O)O)cc2)cs1. The van der Waals surface area contributed by atoms with E-state index in [1.54, 1.807) is 0 Å². The Kier molecular flexibility index (Phi) is 5.21. The molecule has 6 heteroatoms. The maximum Gasteiger partial charge on any atom is 0.328 e. The number of rotatable bonds is 5. The first-order chi connectivity index (χ1) is 10.5. The minimum atomic E-state index is -0.970. The molecular weight excluding hydrogens is 300 g/mol. The predicted molar refractivity (Wildman–Crippen MR) is 88.5 cm³/mol. The monoisotopic (exact) mass is 314 g/mol. The fraction of sp³-hybridized carbons (Fsp3) is 0.0625. The van der Waals surface area contributed by atoms with Crippen LogP contribution >= 0.6 is 11.3 Å². The molecule has 0 unspecified atom stereocenters. The summed E-state index contributed by atoms with van der Waals surface area (Å²) in [7, 11) is 0. The third-order valence-electron chi connectivity index (χ3n) is 2.61. The van der Waals surface area contributed by atoms with Crippen LogP contribution in [0.25, 0.3) is 18.2 Å². The van der Waals surface area contributed by atoms with Gasteiger partial charge < -0.3 is 10.4 Å². The predicted octanol–water partition coefficient (Wildman–Crippen LogP) is 3.37. The quantitative estimate of drug-likeness (QED) is 0.829. The molecule has 1 heterocycles. The van der Waals surface area contributed by atoms with Crippen LogP contribution in [0.2, 0.25) is 0 Å². The summed E-state index contributed by atoms with van der Waals surface area (Å²) in [4.78, 5) is 25.6. The van der Waals surface area contributed by atoms with Gasteiger partial charge in [-0.1, -0.05) is 30.3 Å². The Morgan fingerprint density at radius 2 is 1.77 bits per heavy atom. The van der Waals surface area contributed by atoms with Crippen LogP contribution < -0.4 is 5.32 Å². The van der Waals surface area contributed by atoms with Crippen LogP contribution in [0.3, 0.4) is 0 Å². The second kappa shape index (κ2) is 7.33. The molecule has 0 saturated carbocycles. The zero-order valence-corrected chi connectivity index (χ0v) is 12.6. The molecule has 0 spiro atoms. The first-order valence-electron chi connectivity index (χ1n) is 6.45. The van der Waals surface area contributed by atoms with E-state index in [0.717, 1.165) is 22.9 Å². The first-order valence-corrected chi connectivity index (χ1v) is 7.33. The molecule has 5 nitrogen and oxygen atoms in total. The zero-order chi connectivity index (χ0) is 15.9. The highest BCUT2D eigenvalue weighted by atomic mass is 32.1. The van der Waals surface area contributed by atoms with Crippen molar-refractivity contribution < 1.29 is 14.7 Å². The van der Waals surface area contributed by atoms with Gasteiger partial charge in [-0.2, -0.15) is 0 Å². The number of carboxylic acid groups (broad SMARTS) is 1. The van der Waals surface area contributed by atoms with Crippen LogP contribution in [0.5, 0.6) is 0 Å². The zero-order valence-electron chi connectivity index (χ0n) is 11.8. The minimum Gasteiger partial charge on any atom is -0.478 e. The standard InChI is InChI=1S/C16H14N2O3S/c1-11(19)17-16-18-14(10-22-16)8-6-12-2-4-13(5-3-12)7-9-15(20)21/h2-10H,1H3,(H,20,21)(H,17,18,19). The molecular formula is C16H14N2O3S. The molecule has 1 aromatic carbocycles. The molecule has 0 atom stereocenters. The van der Waals surface area contributed by atoms with E-state index in [2.05, 4.69) is 10.3 Å². The number of hydrogen-bond acceptors (Lipinski definition) is 4. The van der Waals surface area contributed by atoms with Crippen molar-refractivity contribution >= 4 is 46.6 Å². The Morgan fingerprint density at radius 3 is 2.36 bits per heavy atom. The van der Waals surface area contributed by atoms with E-state index in [-0.39, 0.29) is 5.91 Å². The van der Waals surface area contributed by atoms with E-state index in [0.29, 0.717) is 5.13 Å². The summed E-state index contributed by atoms with van der Waals surface area (Å²) in [5.74, 6) is -1.11. The van der Waals surface area contributed by atoms with Crippen molar-refractivity contribution in [2.24, 2.45) is 0 Å². The molecule has 0 bridgehead atoms. The topological polar surface area (TPSA) is 79.3 Å². The molecule has 0 aliphatic rings. The first kappa shape index (κ1) is 15.7. The molecule has 1 amide bonds. The lowest BCUT2D eigenvalue weighted by atomic mass is 10.1. The summed E-state index contributed by atoms with van der Waals surface area (Å²) in [5.41, 5.74) is 2.56. The Labute approximate surface area is 131 Å². The van der Waals surface area contributed by atoms with Gasteiger partial charge in [-0.3, -0.25) is 4.79 Å². The summed E-state index contributed by atoms with van der Waals surface area (Å²) in [6.45, 7) is 1.44. The Morgan fingerprint density at radius 1 is 1.14 bits per heavy atom. The van der Waals surface area contributed by atoms with Gasteiger partial charge in [0.05, 0.1) is 5.69 Å². The number of carbonyl (C=O) groups excluding carboxylic acids is 1. The summed E-state index contributed by atoms with van der Waals surface area (Å²) < 4.78 is 0. The number of nitrogens with one attached hydrogen (secondary N) is 1. The number of anilines is 1. The van der Waals surface area contributed by atoms with E-state index >= 15 is 0 Å². The molecule has 0 radical (unpaired) electrons. The number of amides is 1. The van der Waals surface area contributed by atoms with E-state index in [1.165, 1.54) is 24.3 Å². The third kappa shape index (κ3) is 4.99. The molecule has 112 valence electrons. The van der Waals surface area contributed by atoms with E-state index in [4.69, 9.17) is 5.11 Å². The average molecular weight is 314 g/mol. The Bertz CT molecular complexity index is 730. The van der Waals surface area contributed by atoms with Crippen molar-refractivity contribution in [3.05, 3.63) is 52.5 Å². The van der Waals surface area contributed by atoms with Gasteiger partial charge in [0.25, 0.3) is 0 Å². The summed E-state index contributed by atoms with van der Waals surface area (Å²) >= 11 is 1.37. The fourth-order valence-corrected chi connectivity index (χ4v) is 2.36. The van der Waals surface area contributed by atoms with E-state index < -0.39 is 5.97 Å². The second-order valence-electron chi connectivity index (χ2n) is 4.43. The van der Waals surface area contributed by atoms with Gasteiger partial charge in [0.1, 0.15) is 0 Å². The van der Waals surface area contributed by atoms with Gasteiger partial charge in [-0.15, -0.1) is 11.3 Å². The number of carboxylic acids is 1. The van der Waals surface area contributed by atoms with Crippen LogP contribution in [0, 0.1) is 0 Å². The van der Waals surface area contributed by atoms with Gasteiger partial charge in [-0.05, 0) is 23.3 Å². The highest BCUT2D eigenvalue weighted by Crippen LogP contribution is 2.17. The van der Waals surface area contributed by atoms with Crippen LogP contribution in [0.15, 0.2) is 35.7 Å². The van der Waals surface area contributed by atoms with Gasteiger partial charge >= 0.3 is 5.97 Å². The third-order valence-corrected chi connectivity index (χ3v) is 3.38. The molecule has 0 aliphatic carbocycles. The van der Waals surface area contributed by atoms with Crippen molar-refractivity contribution in [2.45, 2.75) is 6.92 Å². The van der Waals surface area contributed by atoms with Crippen LogP contribution in [0.4, 0.5) is 5.13 Å². The minimum absolute atomic E-state index is 0.144. The summed E-state index contributed by atoms with van der Waals surface area (Å²) in [6.07, 6.45) is 6.39. The van der Waals surface area contributed by atoms with Crippen LogP contribution in [-0.4, -0.2) is 22.0 Å². The number of aromatic nitrogens is 1. The highest BCUT2D eigenvalue weighted by molar-refractivity contribution is 7.14. The summed E-state index contributed by atoms with van der Waals surface area (Å²) in [6, 6.07) is 7.45. The highest BCUT2D eigenvalue weighted by Gasteiger charge is 2.00. The number of benzene rings is 1. The lowest BCUT2D eigenvalue weighted by Gasteiger charge is -1.95. The smallest absolute Gasteiger partial charge is 0.328 e. The van der Waals surface area contributed by atoms with Gasteiger partial charge in [0, 0.05) is 18.4 Å². The number of hydrogen-bond donors (Lipinski definition) is 2. The van der Waals surface area contributed by atoms with Crippen molar-refractivity contribution in [1.82, 2.24) is 4.98 Å². The van der Waals surface area contributed by atoms with Crippen molar-refractivity contribution in [2.75, 3.05) is 5.32 Å². The lowest BCUT2D eigenvalue weighted by Crippen LogP contribution is -2.04. The largest absolute Gasteiger partial charge is 0.478 e. The normalized spacial score (nSPS) is 11.1. The fourth-order valence-electron chi connectivity index (χ4n) is 1.64. The maximum absolute atomic E-state index is 10.9. The second-order valence-corrected chi connectivity index (χ2v) is 5.29. The lowest BCUT2D eigenvalue weighted by molar-refractivity contribution is -0.131. The Balaban J connectivity index is 2.02. The molecule has 2 N–H and O–H groups in total. The molecule has 0 fully saturated rings. The molecule has 1 aromatic heterocycles. The maximum atomic E-state index is 10.9. The number of nitrogens with zero attached hydrogens (tertiary/aromatic N) is 1. The van der Waals surface area contributed by atoms with Crippen LogP contribution in [-0.2, 0) is 9.59 Å². The van der Waals surface area contributed by atoms with Crippen LogP contribution in [0.1, 0.15) is 23.7 Å². The summed E-state index contributed by atoms with van der Waals surface area (Å²) in [5, 5.41) is 13.6.